The maximum absolute atomic E-state index is 13.7. The van der Waals surface area contributed by atoms with E-state index in [1.54, 1.807) is 30.2 Å². The van der Waals surface area contributed by atoms with Crippen LogP contribution in [0.15, 0.2) is 58.3 Å². The van der Waals surface area contributed by atoms with Gasteiger partial charge in [0, 0.05) is 60.1 Å². The van der Waals surface area contributed by atoms with E-state index in [0.29, 0.717) is 56.6 Å². The van der Waals surface area contributed by atoms with E-state index in [1.807, 2.05) is 44.2 Å². The van der Waals surface area contributed by atoms with Crippen LogP contribution in [0.5, 0.6) is 0 Å². The summed E-state index contributed by atoms with van der Waals surface area (Å²) in [5, 5.41) is 4.58. The van der Waals surface area contributed by atoms with Gasteiger partial charge in [0.05, 0.1) is 5.69 Å². The van der Waals surface area contributed by atoms with E-state index >= 15 is 0 Å². The second-order valence-electron chi connectivity index (χ2n) is 10.3. The average Bonchev–Trinajstić information content (AvgIpc) is 3.54. The lowest BCUT2D eigenvalue weighted by atomic mass is 10.0. The number of carbonyl (C=O) groups is 2. The van der Waals surface area contributed by atoms with Crippen LogP contribution in [0.1, 0.15) is 54.8 Å². The summed E-state index contributed by atoms with van der Waals surface area (Å²) in [6.45, 7) is 5.39. The number of hydrogen-bond acceptors (Lipinski definition) is 6. The minimum Gasteiger partial charge on any atom is -0.385 e. The summed E-state index contributed by atoms with van der Waals surface area (Å²) in [6.07, 6.45) is 5.37. The molecule has 2 aromatic carbocycles. The zero-order chi connectivity index (χ0) is 28.4. The molecule has 1 aromatic heterocycles. The molecule has 2 aliphatic heterocycles. The van der Waals surface area contributed by atoms with Crippen molar-refractivity contribution in [1.82, 2.24) is 4.31 Å². The third kappa shape index (κ3) is 5.33. The molecule has 5 rings (SSSR count). The summed E-state index contributed by atoms with van der Waals surface area (Å²) in [4.78, 5) is 29.5. The Kier molecular flexibility index (Phi) is 8.42. The van der Waals surface area contributed by atoms with E-state index in [9.17, 15) is 18.0 Å². The number of anilines is 2. The average molecular weight is 582 g/mol. The first kappa shape index (κ1) is 28.5. The van der Waals surface area contributed by atoms with Crippen molar-refractivity contribution in [3.8, 4) is 0 Å². The van der Waals surface area contributed by atoms with Crippen molar-refractivity contribution < 1.29 is 22.7 Å². The lowest BCUT2D eigenvalue weighted by Gasteiger charge is -2.33. The highest BCUT2D eigenvalue weighted by molar-refractivity contribution is 7.91. The Morgan fingerprint density at radius 2 is 2.00 bits per heavy atom. The van der Waals surface area contributed by atoms with Gasteiger partial charge < -0.3 is 15.0 Å². The maximum Gasteiger partial charge on any atom is 0.258 e. The molecule has 2 amide bonds. The first-order chi connectivity index (χ1) is 19.3. The second kappa shape index (κ2) is 11.8. The number of nitrogens with zero attached hydrogens (tertiary/aromatic N) is 2. The summed E-state index contributed by atoms with van der Waals surface area (Å²) < 4.78 is 34.2. The van der Waals surface area contributed by atoms with Crippen LogP contribution in [0.4, 0.5) is 11.4 Å². The predicted octanol–water partition coefficient (Wildman–Crippen LogP) is 5.59. The third-order valence-electron chi connectivity index (χ3n) is 7.68. The minimum absolute atomic E-state index is 0.0651. The topological polar surface area (TPSA) is 96.0 Å². The summed E-state index contributed by atoms with van der Waals surface area (Å²) >= 11 is 1.27. The molecule has 1 fully saturated rings. The molecule has 3 aromatic rings. The molecule has 1 N–H and O–H groups in total. The number of ether oxygens (including phenoxy) is 1. The van der Waals surface area contributed by atoms with E-state index in [0.717, 1.165) is 27.8 Å². The quantitative estimate of drug-likeness (QED) is 0.249. The molecule has 1 saturated heterocycles. The van der Waals surface area contributed by atoms with Crippen LogP contribution >= 0.6 is 11.3 Å². The van der Waals surface area contributed by atoms with Gasteiger partial charge in [-0.25, -0.2) is 8.42 Å². The number of methoxy groups -OCH3 is 1. The predicted molar refractivity (Wildman–Crippen MR) is 160 cm³/mol. The molecule has 3 heterocycles. The molecule has 40 heavy (non-hydrogen) atoms. The summed E-state index contributed by atoms with van der Waals surface area (Å²) in [6, 6.07) is 11.9. The van der Waals surface area contributed by atoms with Crippen molar-refractivity contribution in [2.45, 2.75) is 56.2 Å². The second-order valence-corrected chi connectivity index (χ2v) is 13.6. The van der Waals surface area contributed by atoms with Crippen molar-refractivity contribution in [3.63, 3.8) is 0 Å². The molecule has 0 saturated carbocycles. The first-order valence-corrected chi connectivity index (χ1v) is 15.9. The number of sulfonamides is 1. The van der Waals surface area contributed by atoms with Crippen LogP contribution in [0, 0.1) is 0 Å². The Hall–Kier alpha value is -3.05. The van der Waals surface area contributed by atoms with Gasteiger partial charge in [0.1, 0.15) is 10.3 Å². The Morgan fingerprint density at radius 1 is 1.18 bits per heavy atom. The molecule has 0 radical (unpaired) electrons. The van der Waals surface area contributed by atoms with Gasteiger partial charge in [0.25, 0.3) is 15.9 Å². The Bertz CT molecular complexity index is 1580. The molecule has 0 bridgehead atoms. The molecule has 1 unspecified atom stereocenters. The molecule has 212 valence electrons. The lowest BCUT2D eigenvalue weighted by molar-refractivity contribution is -0.120. The maximum atomic E-state index is 13.7. The van der Waals surface area contributed by atoms with Crippen molar-refractivity contribution in [2.24, 2.45) is 0 Å². The number of hydrogen-bond donors (Lipinski definition) is 1. The van der Waals surface area contributed by atoms with Crippen LogP contribution in [-0.4, -0.2) is 57.4 Å². The molecule has 0 aliphatic carbocycles. The van der Waals surface area contributed by atoms with Crippen molar-refractivity contribution in [1.29, 1.82) is 0 Å². The van der Waals surface area contributed by atoms with Crippen LogP contribution < -0.4 is 10.2 Å². The van der Waals surface area contributed by atoms with Crippen molar-refractivity contribution in [3.05, 3.63) is 64.6 Å². The molecule has 10 heteroatoms. The number of piperidine rings is 1. The smallest absolute Gasteiger partial charge is 0.258 e. The van der Waals surface area contributed by atoms with E-state index < -0.39 is 16.1 Å². The number of carbonyl (C=O) groups excluding carboxylic acids is 2. The van der Waals surface area contributed by atoms with Gasteiger partial charge in [0.15, 0.2) is 0 Å². The Morgan fingerprint density at radius 3 is 2.77 bits per heavy atom. The molecule has 2 aliphatic rings. The molecule has 1 atom stereocenters. The Balaban J connectivity index is 1.40. The zero-order valence-corrected chi connectivity index (χ0v) is 24.7. The number of thiophene rings is 1. The highest BCUT2D eigenvalue weighted by Crippen LogP contribution is 2.41. The van der Waals surface area contributed by atoms with Gasteiger partial charge in [0.2, 0.25) is 5.91 Å². The van der Waals surface area contributed by atoms with Crippen LogP contribution in [0.3, 0.4) is 0 Å². The summed E-state index contributed by atoms with van der Waals surface area (Å²) in [5.41, 5.74) is 3.16. The van der Waals surface area contributed by atoms with Gasteiger partial charge >= 0.3 is 0 Å². The zero-order valence-electron chi connectivity index (χ0n) is 23.1. The van der Waals surface area contributed by atoms with Gasteiger partial charge in [-0.2, -0.15) is 4.31 Å². The highest BCUT2D eigenvalue weighted by atomic mass is 32.2. The fourth-order valence-electron chi connectivity index (χ4n) is 5.50. The molecule has 0 spiro atoms. The number of benzene rings is 2. The van der Waals surface area contributed by atoms with E-state index in [2.05, 4.69) is 5.32 Å². The van der Waals surface area contributed by atoms with E-state index in [1.165, 1.54) is 21.2 Å². The third-order valence-corrected chi connectivity index (χ3v) is 11.1. The van der Waals surface area contributed by atoms with Crippen LogP contribution in [0.25, 0.3) is 10.8 Å². The van der Waals surface area contributed by atoms with Gasteiger partial charge in [-0.3, -0.25) is 9.59 Å². The fourth-order valence-corrected chi connectivity index (χ4v) is 8.74. The highest BCUT2D eigenvalue weighted by Gasteiger charge is 2.39. The molecular weight excluding hydrogens is 546 g/mol. The van der Waals surface area contributed by atoms with Crippen molar-refractivity contribution in [2.75, 3.05) is 37.0 Å². The lowest BCUT2D eigenvalue weighted by Crippen LogP contribution is -2.49. The summed E-state index contributed by atoms with van der Waals surface area (Å²) in [7, 11) is -2.19. The largest absolute Gasteiger partial charge is 0.385 e. The fraction of sp³-hybridized carbons (Fsp3) is 0.400. The number of allylic oxidation sites excluding steroid dienone is 2. The normalized spacial score (nSPS) is 18.1. The number of rotatable bonds is 10. The Labute approximate surface area is 239 Å². The first-order valence-electron chi connectivity index (χ1n) is 13.7. The van der Waals surface area contributed by atoms with Crippen LogP contribution in [0.2, 0.25) is 0 Å². The SMILES string of the molecule is C/C=C(\C)Cc1ccc(S(=O)(=O)N2CCCCC2C(=O)Nc2ccc3c4c(cccc24)C(=O)N3CCCOC)s1. The summed E-state index contributed by atoms with van der Waals surface area (Å²) in [5.74, 6) is -0.420. The number of nitrogens with one attached hydrogen (secondary N) is 1. The molecule has 8 nitrogen and oxygen atoms in total. The standard InChI is InChI=1S/C30H35N3O5S2/c1-4-20(2)19-21-12-15-27(39-21)40(36,37)33-17-6-5-11-26(33)29(34)31-24-13-14-25-28-22(24)9-7-10-23(28)30(35)32(25)16-8-18-38-3/h4,7,9-10,12-15,26H,5-6,8,11,16-19H2,1-3H3,(H,31,34)/b20-4+. The monoisotopic (exact) mass is 581 g/mol. The van der Waals surface area contributed by atoms with Gasteiger partial charge in [-0.15, -0.1) is 11.3 Å². The van der Waals surface area contributed by atoms with Gasteiger partial charge in [-0.1, -0.05) is 30.2 Å². The minimum atomic E-state index is -3.83. The van der Waals surface area contributed by atoms with Crippen molar-refractivity contribution >= 4 is 55.3 Å². The van der Waals surface area contributed by atoms with E-state index in [4.69, 9.17) is 4.74 Å². The molecular formula is C30H35N3O5S2. The van der Waals surface area contributed by atoms with E-state index in [-0.39, 0.29) is 16.0 Å². The number of amides is 2. The van der Waals surface area contributed by atoms with Gasteiger partial charge in [-0.05, 0) is 63.4 Å². The van der Waals surface area contributed by atoms with Crippen LogP contribution in [-0.2, 0) is 26.0 Å².